The minimum atomic E-state index is -0.405. The standard InChI is InChI=1S/C25H22ClNO3/c1-17-14-21(9-8-19(17)7-6-18-4-2-3-5-18)25(28)29-16-23-15-24(27-30-23)20-10-12-22(26)13-11-20/h8-15,18H,2-5,16H2,1H3. The van der Waals surface area contributed by atoms with Crippen molar-refractivity contribution in [2.45, 2.75) is 39.2 Å². The number of hydrogen-bond acceptors (Lipinski definition) is 4. The molecular formula is C25H22ClNO3. The Morgan fingerprint density at radius 3 is 2.67 bits per heavy atom. The van der Waals surface area contributed by atoms with Gasteiger partial charge in [0.1, 0.15) is 5.69 Å². The molecule has 0 saturated heterocycles. The van der Waals surface area contributed by atoms with Crippen LogP contribution in [0.2, 0.25) is 5.02 Å². The molecule has 5 heteroatoms. The van der Waals surface area contributed by atoms with Gasteiger partial charge in [-0.2, -0.15) is 0 Å². The second kappa shape index (κ2) is 9.19. The molecule has 1 saturated carbocycles. The van der Waals surface area contributed by atoms with Gasteiger partial charge < -0.3 is 9.26 Å². The average Bonchev–Trinajstić information content (AvgIpc) is 3.44. The maximum atomic E-state index is 12.4. The van der Waals surface area contributed by atoms with Crippen LogP contribution in [-0.4, -0.2) is 11.1 Å². The SMILES string of the molecule is Cc1cc(C(=O)OCc2cc(-c3ccc(Cl)cc3)no2)ccc1C#CC1CCCC1. The summed E-state index contributed by atoms with van der Waals surface area (Å²) in [4.78, 5) is 12.4. The van der Waals surface area contributed by atoms with E-state index in [-0.39, 0.29) is 6.61 Å². The van der Waals surface area contributed by atoms with E-state index in [2.05, 4.69) is 17.0 Å². The van der Waals surface area contributed by atoms with E-state index in [1.165, 1.54) is 25.7 Å². The fraction of sp³-hybridized carbons (Fsp3) is 0.280. The Morgan fingerprint density at radius 1 is 1.17 bits per heavy atom. The van der Waals surface area contributed by atoms with Crippen molar-refractivity contribution < 1.29 is 14.1 Å². The number of esters is 1. The van der Waals surface area contributed by atoms with E-state index >= 15 is 0 Å². The van der Waals surface area contributed by atoms with E-state index < -0.39 is 5.97 Å². The minimum Gasteiger partial charge on any atom is -0.454 e. The van der Waals surface area contributed by atoms with Crippen molar-refractivity contribution in [2.75, 3.05) is 0 Å². The summed E-state index contributed by atoms with van der Waals surface area (Å²) in [5.41, 5.74) is 3.97. The summed E-state index contributed by atoms with van der Waals surface area (Å²) in [6, 6.07) is 14.5. The van der Waals surface area contributed by atoms with Gasteiger partial charge in [-0.1, -0.05) is 53.6 Å². The number of hydrogen-bond donors (Lipinski definition) is 0. The largest absolute Gasteiger partial charge is 0.454 e. The molecule has 0 N–H and O–H groups in total. The maximum Gasteiger partial charge on any atom is 0.338 e. The zero-order chi connectivity index (χ0) is 20.9. The summed E-state index contributed by atoms with van der Waals surface area (Å²) < 4.78 is 10.7. The van der Waals surface area contributed by atoms with Crippen LogP contribution in [0.15, 0.2) is 53.1 Å². The molecule has 0 spiro atoms. The van der Waals surface area contributed by atoms with E-state index in [4.69, 9.17) is 20.9 Å². The smallest absolute Gasteiger partial charge is 0.338 e. The Balaban J connectivity index is 1.37. The van der Waals surface area contributed by atoms with E-state index in [1.807, 2.05) is 31.2 Å². The van der Waals surface area contributed by atoms with E-state index in [0.29, 0.717) is 28.0 Å². The van der Waals surface area contributed by atoms with Crippen LogP contribution in [0.4, 0.5) is 0 Å². The number of aromatic nitrogens is 1. The van der Waals surface area contributed by atoms with Crippen LogP contribution >= 0.6 is 11.6 Å². The second-order valence-electron chi connectivity index (χ2n) is 7.54. The van der Waals surface area contributed by atoms with Crippen molar-refractivity contribution in [2.24, 2.45) is 5.92 Å². The Morgan fingerprint density at radius 2 is 1.93 bits per heavy atom. The van der Waals surface area contributed by atoms with Crippen LogP contribution in [-0.2, 0) is 11.3 Å². The number of carbonyl (C=O) groups excluding carboxylic acids is 1. The minimum absolute atomic E-state index is 0.0156. The molecule has 30 heavy (non-hydrogen) atoms. The van der Waals surface area contributed by atoms with Gasteiger partial charge in [-0.05, 0) is 55.7 Å². The Bertz CT molecular complexity index is 1100. The monoisotopic (exact) mass is 419 g/mol. The van der Waals surface area contributed by atoms with Crippen LogP contribution in [0.1, 0.15) is 52.9 Å². The summed E-state index contributed by atoms with van der Waals surface area (Å²) >= 11 is 5.91. The van der Waals surface area contributed by atoms with Gasteiger partial charge in [0.2, 0.25) is 0 Å². The molecule has 0 unspecified atom stereocenters. The lowest BCUT2D eigenvalue weighted by Crippen LogP contribution is -2.05. The van der Waals surface area contributed by atoms with Crippen molar-refractivity contribution in [1.29, 1.82) is 0 Å². The van der Waals surface area contributed by atoms with Crippen molar-refractivity contribution in [1.82, 2.24) is 5.16 Å². The number of ether oxygens (including phenoxy) is 1. The first-order valence-electron chi connectivity index (χ1n) is 10.1. The predicted molar refractivity (Wildman–Crippen MR) is 116 cm³/mol. The van der Waals surface area contributed by atoms with E-state index in [9.17, 15) is 4.79 Å². The van der Waals surface area contributed by atoms with Gasteiger partial charge in [-0.25, -0.2) is 4.79 Å². The molecule has 152 valence electrons. The molecule has 1 heterocycles. The number of aryl methyl sites for hydroxylation is 1. The molecule has 0 bridgehead atoms. The van der Waals surface area contributed by atoms with Crippen molar-refractivity contribution >= 4 is 17.6 Å². The molecule has 3 aromatic rings. The molecule has 0 amide bonds. The number of benzene rings is 2. The maximum absolute atomic E-state index is 12.4. The highest BCUT2D eigenvalue weighted by atomic mass is 35.5. The molecular weight excluding hydrogens is 398 g/mol. The number of nitrogens with zero attached hydrogens (tertiary/aromatic N) is 1. The Kier molecular flexibility index (Phi) is 6.21. The molecule has 1 aliphatic rings. The number of carbonyl (C=O) groups is 1. The molecule has 4 nitrogen and oxygen atoms in total. The van der Waals surface area contributed by atoms with E-state index in [1.54, 1.807) is 24.3 Å². The number of halogens is 1. The van der Waals surface area contributed by atoms with Crippen LogP contribution in [0.3, 0.4) is 0 Å². The first kappa shape index (κ1) is 20.3. The lowest BCUT2D eigenvalue weighted by Gasteiger charge is -2.05. The second-order valence-corrected chi connectivity index (χ2v) is 7.98. The lowest BCUT2D eigenvalue weighted by molar-refractivity contribution is 0.0437. The average molecular weight is 420 g/mol. The van der Waals surface area contributed by atoms with Crippen LogP contribution < -0.4 is 0 Å². The third-order valence-corrected chi connectivity index (χ3v) is 5.52. The van der Waals surface area contributed by atoms with Gasteiger partial charge in [-0.15, -0.1) is 0 Å². The molecule has 4 rings (SSSR count). The fourth-order valence-electron chi connectivity index (χ4n) is 3.54. The summed E-state index contributed by atoms with van der Waals surface area (Å²) in [5, 5.41) is 4.68. The molecule has 1 aromatic heterocycles. The first-order valence-corrected chi connectivity index (χ1v) is 10.5. The van der Waals surface area contributed by atoms with Crippen molar-refractivity contribution in [3.63, 3.8) is 0 Å². The molecule has 0 aliphatic heterocycles. The fourth-order valence-corrected chi connectivity index (χ4v) is 3.66. The van der Waals surface area contributed by atoms with Gasteiger partial charge in [0.15, 0.2) is 12.4 Å². The van der Waals surface area contributed by atoms with Gasteiger partial charge in [0.25, 0.3) is 0 Å². The van der Waals surface area contributed by atoms with Gasteiger partial charge in [-0.3, -0.25) is 0 Å². The van der Waals surface area contributed by atoms with Gasteiger partial charge in [0.05, 0.1) is 5.56 Å². The predicted octanol–water partition coefficient (Wildman–Crippen LogP) is 6.20. The molecule has 0 radical (unpaired) electrons. The van der Waals surface area contributed by atoms with Gasteiger partial charge in [0, 0.05) is 28.1 Å². The van der Waals surface area contributed by atoms with Crippen LogP contribution in [0, 0.1) is 24.7 Å². The van der Waals surface area contributed by atoms with Crippen molar-refractivity contribution in [3.05, 3.63) is 76.0 Å². The quantitative estimate of drug-likeness (QED) is 0.373. The van der Waals surface area contributed by atoms with Crippen LogP contribution in [0.25, 0.3) is 11.3 Å². The highest BCUT2D eigenvalue weighted by Gasteiger charge is 2.13. The molecule has 2 aromatic carbocycles. The molecule has 1 aliphatic carbocycles. The lowest BCUT2D eigenvalue weighted by atomic mass is 10.0. The highest BCUT2D eigenvalue weighted by molar-refractivity contribution is 6.30. The third kappa shape index (κ3) is 4.93. The van der Waals surface area contributed by atoms with Gasteiger partial charge >= 0.3 is 5.97 Å². The summed E-state index contributed by atoms with van der Waals surface area (Å²) in [7, 11) is 0. The normalized spacial score (nSPS) is 13.7. The topological polar surface area (TPSA) is 52.3 Å². The highest BCUT2D eigenvalue weighted by Crippen LogP contribution is 2.24. The first-order chi connectivity index (χ1) is 14.6. The Labute approximate surface area is 181 Å². The summed E-state index contributed by atoms with van der Waals surface area (Å²) in [6.45, 7) is 1.98. The van der Waals surface area contributed by atoms with Crippen LogP contribution in [0.5, 0.6) is 0 Å². The number of rotatable bonds is 4. The summed E-state index contributed by atoms with van der Waals surface area (Å²) in [6.07, 6.45) is 4.93. The molecule has 1 fully saturated rings. The zero-order valence-electron chi connectivity index (χ0n) is 16.8. The third-order valence-electron chi connectivity index (χ3n) is 5.27. The van der Waals surface area contributed by atoms with E-state index in [0.717, 1.165) is 16.7 Å². The summed E-state index contributed by atoms with van der Waals surface area (Å²) in [5.74, 6) is 7.21. The molecule has 0 atom stereocenters. The van der Waals surface area contributed by atoms with Crippen molar-refractivity contribution in [3.8, 4) is 23.1 Å². The Hall–Kier alpha value is -3.03. The zero-order valence-corrected chi connectivity index (χ0v) is 17.5.